The molecule has 2 rings (SSSR count). The van der Waals surface area contributed by atoms with Gasteiger partial charge in [-0.3, -0.25) is 0 Å². The molecular weight excluding hydrogens is 224 g/mol. The number of anilines is 1. The molecule has 2 aromatic rings. The van der Waals surface area contributed by atoms with Crippen molar-refractivity contribution in [2.75, 3.05) is 12.4 Å². The number of nitrogens with one attached hydrogen (secondary N) is 1. The largest absolute Gasteiger partial charge is 0.463 e. The third-order valence-electron chi connectivity index (χ3n) is 1.96. The summed E-state index contributed by atoms with van der Waals surface area (Å²) in [7, 11) is 1.28. The average Bonchev–Trinajstić information content (AvgIpc) is 2.89. The van der Waals surface area contributed by atoms with Crippen LogP contribution in [0.3, 0.4) is 0 Å². The second-order valence-corrected chi connectivity index (χ2v) is 3.09. The maximum Gasteiger partial charge on any atom is 0.376 e. The number of aromatic nitrogens is 3. The predicted octanol–water partition coefficient (Wildman–Crippen LogP) is 0.863. The van der Waals surface area contributed by atoms with Crippen LogP contribution in [0.4, 0.5) is 5.82 Å². The summed E-state index contributed by atoms with van der Waals surface area (Å²) in [6.07, 6.45) is 3.03. The van der Waals surface area contributed by atoms with Crippen molar-refractivity contribution in [3.63, 3.8) is 0 Å². The fourth-order valence-corrected chi connectivity index (χ4v) is 1.16. The summed E-state index contributed by atoms with van der Waals surface area (Å²) < 4.78 is 9.43. The molecule has 0 bridgehead atoms. The predicted molar refractivity (Wildman–Crippen MR) is 57.2 cm³/mol. The Morgan fingerprint density at radius 1 is 1.47 bits per heavy atom. The Hall–Kier alpha value is -2.44. The molecule has 7 nitrogen and oxygen atoms in total. The zero-order valence-corrected chi connectivity index (χ0v) is 9.08. The van der Waals surface area contributed by atoms with E-state index in [1.165, 1.54) is 13.3 Å². The van der Waals surface area contributed by atoms with Crippen LogP contribution in [-0.2, 0) is 11.3 Å². The minimum atomic E-state index is -0.576. The highest BCUT2D eigenvalue weighted by Gasteiger charge is 2.09. The lowest BCUT2D eigenvalue weighted by molar-refractivity contribution is 0.0587. The van der Waals surface area contributed by atoms with E-state index in [1.807, 2.05) is 0 Å². The first-order valence-electron chi connectivity index (χ1n) is 4.84. The SMILES string of the molecule is COC(=O)c1nccc(NCc2ccno2)n1. The van der Waals surface area contributed by atoms with Gasteiger partial charge in [-0.15, -0.1) is 0 Å². The molecule has 0 atom stereocenters. The summed E-state index contributed by atoms with van der Waals surface area (Å²) in [6, 6.07) is 3.37. The first-order chi connectivity index (χ1) is 8.29. The Labute approximate surface area is 96.8 Å². The molecular formula is C10H10N4O3. The van der Waals surface area contributed by atoms with E-state index in [1.54, 1.807) is 18.3 Å². The van der Waals surface area contributed by atoms with Crippen molar-refractivity contribution in [2.24, 2.45) is 0 Å². The smallest absolute Gasteiger partial charge is 0.376 e. The van der Waals surface area contributed by atoms with Gasteiger partial charge < -0.3 is 14.6 Å². The molecule has 2 aromatic heterocycles. The van der Waals surface area contributed by atoms with E-state index in [0.717, 1.165) is 0 Å². The molecule has 0 spiro atoms. The van der Waals surface area contributed by atoms with Crippen molar-refractivity contribution in [3.8, 4) is 0 Å². The van der Waals surface area contributed by atoms with E-state index in [4.69, 9.17) is 4.52 Å². The highest BCUT2D eigenvalue weighted by molar-refractivity contribution is 5.85. The second kappa shape index (κ2) is 5.06. The highest BCUT2D eigenvalue weighted by atomic mass is 16.5. The Kier molecular flexibility index (Phi) is 3.29. The van der Waals surface area contributed by atoms with E-state index >= 15 is 0 Å². The fourth-order valence-electron chi connectivity index (χ4n) is 1.16. The summed E-state index contributed by atoms with van der Waals surface area (Å²) in [5.41, 5.74) is 0. The molecule has 2 heterocycles. The third-order valence-corrected chi connectivity index (χ3v) is 1.96. The van der Waals surface area contributed by atoms with Crippen LogP contribution in [-0.4, -0.2) is 28.2 Å². The maximum atomic E-state index is 11.2. The second-order valence-electron chi connectivity index (χ2n) is 3.09. The summed E-state index contributed by atoms with van der Waals surface area (Å²) in [5.74, 6) is 0.614. The molecule has 0 fully saturated rings. The summed E-state index contributed by atoms with van der Waals surface area (Å²) in [5, 5.41) is 6.55. The number of carbonyl (C=O) groups excluding carboxylic acids is 1. The van der Waals surface area contributed by atoms with Crippen molar-refractivity contribution in [1.82, 2.24) is 15.1 Å². The van der Waals surface area contributed by atoms with E-state index in [-0.39, 0.29) is 5.82 Å². The Bertz CT molecular complexity index is 498. The molecule has 0 radical (unpaired) electrons. The lowest BCUT2D eigenvalue weighted by Gasteiger charge is -2.03. The standard InChI is InChI=1S/C10H10N4O3/c1-16-10(15)9-11-4-3-8(14-9)12-6-7-2-5-13-17-7/h2-5H,6H2,1H3,(H,11,12,14). The lowest BCUT2D eigenvalue weighted by Crippen LogP contribution is -2.09. The first kappa shape index (κ1) is 11.1. The molecule has 0 saturated heterocycles. The molecule has 0 aliphatic rings. The third kappa shape index (κ3) is 2.77. The number of carbonyl (C=O) groups is 1. The van der Waals surface area contributed by atoms with Crippen molar-refractivity contribution >= 4 is 11.8 Å². The number of esters is 1. The Morgan fingerprint density at radius 2 is 2.35 bits per heavy atom. The van der Waals surface area contributed by atoms with Gasteiger partial charge in [-0.05, 0) is 6.07 Å². The van der Waals surface area contributed by atoms with Crippen LogP contribution in [0.15, 0.2) is 29.0 Å². The van der Waals surface area contributed by atoms with Crippen molar-refractivity contribution in [3.05, 3.63) is 36.1 Å². The van der Waals surface area contributed by atoms with Gasteiger partial charge in [0.2, 0.25) is 5.82 Å². The minimum absolute atomic E-state index is 0.00932. The Morgan fingerprint density at radius 3 is 3.06 bits per heavy atom. The molecule has 0 aliphatic heterocycles. The molecule has 0 amide bonds. The molecule has 7 heteroatoms. The summed E-state index contributed by atoms with van der Waals surface area (Å²) >= 11 is 0. The molecule has 0 saturated carbocycles. The topological polar surface area (TPSA) is 90.1 Å². The van der Waals surface area contributed by atoms with Gasteiger partial charge in [-0.25, -0.2) is 14.8 Å². The normalized spacial score (nSPS) is 9.94. The molecule has 0 aliphatic carbocycles. The summed E-state index contributed by atoms with van der Waals surface area (Å²) in [6.45, 7) is 0.428. The van der Waals surface area contributed by atoms with Crippen LogP contribution in [0.1, 0.15) is 16.4 Å². The van der Waals surface area contributed by atoms with Gasteiger partial charge in [0, 0.05) is 12.3 Å². The van der Waals surface area contributed by atoms with Crippen LogP contribution in [0.25, 0.3) is 0 Å². The highest BCUT2D eigenvalue weighted by Crippen LogP contribution is 2.05. The van der Waals surface area contributed by atoms with Crippen LogP contribution in [0.2, 0.25) is 0 Å². The lowest BCUT2D eigenvalue weighted by atomic mass is 10.4. The quantitative estimate of drug-likeness (QED) is 0.784. The van der Waals surface area contributed by atoms with Crippen molar-refractivity contribution in [2.45, 2.75) is 6.54 Å². The van der Waals surface area contributed by atoms with Gasteiger partial charge in [-0.1, -0.05) is 5.16 Å². The molecule has 1 N–H and O–H groups in total. The van der Waals surface area contributed by atoms with Gasteiger partial charge in [0.15, 0.2) is 5.76 Å². The maximum absolute atomic E-state index is 11.2. The fraction of sp³-hybridized carbons (Fsp3) is 0.200. The van der Waals surface area contributed by atoms with Gasteiger partial charge in [0.25, 0.3) is 0 Å². The number of methoxy groups -OCH3 is 1. The van der Waals surface area contributed by atoms with Crippen LogP contribution in [0.5, 0.6) is 0 Å². The number of hydrogen-bond donors (Lipinski definition) is 1. The van der Waals surface area contributed by atoms with E-state index in [2.05, 4.69) is 25.2 Å². The van der Waals surface area contributed by atoms with Gasteiger partial charge in [-0.2, -0.15) is 0 Å². The number of nitrogens with zero attached hydrogens (tertiary/aromatic N) is 3. The van der Waals surface area contributed by atoms with Gasteiger partial charge >= 0.3 is 5.97 Å². The van der Waals surface area contributed by atoms with Crippen LogP contribution in [0, 0.1) is 0 Å². The van der Waals surface area contributed by atoms with Crippen molar-refractivity contribution < 1.29 is 14.1 Å². The number of hydrogen-bond acceptors (Lipinski definition) is 7. The molecule has 88 valence electrons. The van der Waals surface area contributed by atoms with E-state index in [0.29, 0.717) is 18.1 Å². The van der Waals surface area contributed by atoms with E-state index < -0.39 is 5.97 Å². The molecule has 0 aromatic carbocycles. The van der Waals surface area contributed by atoms with Gasteiger partial charge in [0.1, 0.15) is 5.82 Å². The first-order valence-corrected chi connectivity index (χ1v) is 4.84. The number of ether oxygens (including phenoxy) is 1. The van der Waals surface area contributed by atoms with E-state index in [9.17, 15) is 4.79 Å². The molecule has 0 unspecified atom stereocenters. The zero-order valence-electron chi connectivity index (χ0n) is 9.08. The average molecular weight is 234 g/mol. The molecule has 17 heavy (non-hydrogen) atoms. The van der Waals surface area contributed by atoms with Crippen LogP contribution >= 0.6 is 0 Å². The van der Waals surface area contributed by atoms with Crippen LogP contribution < -0.4 is 5.32 Å². The minimum Gasteiger partial charge on any atom is -0.463 e. The van der Waals surface area contributed by atoms with Crippen molar-refractivity contribution in [1.29, 1.82) is 0 Å². The Balaban J connectivity index is 2.03. The zero-order chi connectivity index (χ0) is 12.1. The summed E-state index contributed by atoms with van der Waals surface area (Å²) in [4.78, 5) is 19.0. The monoisotopic (exact) mass is 234 g/mol. The van der Waals surface area contributed by atoms with Gasteiger partial charge in [0.05, 0.1) is 19.9 Å². The number of rotatable bonds is 4.